The maximum atomic E-state index is 11.5. The number of carbonyl (C=O) groups excluding carboxylic acids is 1. The van der Waals surface area contributed by atoms with Crippen molar-refractivity contribution >= 4 is 28.9 Å². The van der Waals surface area contributed by atoms with Gasteiger partial charge in [-0.05, 0) is 30.9 Å². The predicted molar refractivity (Wildman–Crippen MR) is 79.5 cm³/mol. The molecule has 102 valence electrons. The largest absolute Gasteiger partial charge is 0.389 e. The number of fused-ring (bicyclic) bond motifs is 1. The Bertz CT molecular complexity index is 530. The molecule has 2 rings (SSSR count). The number of carbonyl (C=O) groups is 1. The summed E-state index contributed by atoms with van der Waals surface area (Å²) in [6, 6.07) is 2.02. The second-order valence-electron chi connectivity index (χ2n) is 4.71. The quantitative estimate of drug-likeness (QED) is 0.780. The van der Waals surface area contributed by atoms with E-state index in [9.17, 15) is 4.79 Å². The van der Waals surface area contributed by atoms with E-state index in [2.05, 4.69) is 10.3 Å². The number of hydrogen-bond acceptors (Lipinski definition) is 4. The molecule has 1 aromatic heterocycles. The van der Waals surface area contributed by atoms with Crippen molar-refractivity contribution in [1.82, 2.24) is 10.3 Å². The van der Waals surface area contributed by atoms with Crippen molar-refractivity contribution in [3.05, 3.63) is 22.9 Å². The number of nitrogens with one attached hydrogen (secondary N) is 1. The summed E-state index contributed by atoms with van der Waals surface area (Å²) in [6.45, 7) is 0.234. The number of aryl methyl sites for hydroxylation is 2. The van der Waals surface area contributed by atoms with Crippen molar-refractivity contribution in [2.24, 2.45) is 5.73 Å². The number of thiocarbonyl (C=S) groups is 1. The fourth-order valence-corrected chi connectivity index (χ4v) is 2.45. The van der Waals surface area contributed by atoms with Crippen LogP contribution in [0.2, 0.25) is 0 Å². The van der Waals surface area contributed by atoms with E-state index in [0.29, 0.717) is 10.8 Å². The molecule has 1 amide bonds. The third-order valence-electron chi connectivity index (χ3n) is 3.32. The number of rotatable bonds is 4. The third kappa shape index (κ3) is 2.84. The zero-order valence-electron chi connectivity index (χ0n) is 11.2. The molecule has 1 aliphatic rings. The Labute approximate surface area is 118 Å². The van der Waals surface area contributed by atoms with Crippen molar-refractivity contribution in [2.75, 3.05) is 25.5 Å². The highest BCUT2D eigenvalue weighted by atomic mass is 32.1. The fourth-order valence-electron chi connectivity index (χ4n) is 2.30. The lowest BCUT2D eigenvalue weighted by Gasteiger charge is -2.21. The molecule has 1 heterocycles. The normalized spacial score (nSPS) is 12.9. The maximum Gasteiger partial charge on any atom is 0.239 e. The minimum atomic E-state index is -0.0707. The first-order valence-electron chi connectivity index (χ1n) is 6.27. The number of aromatic nitrogens is 1. The molecule has 0 aromatic carbocycles. The van der Waals surface area contributed by atoms with Crippen LogP contribution in [0.15, 0.2) is 6.07 Å². The first kappa shape index (κ1) is 13.7. The Morgan fingerprint density at radius 1 is 1.58 bits per heavy atom. The topological polar surface area (TPSA) is 71.2 Å². The van der Waals surface area contributed by atoms with Crippen LogP contribution in [0, 0.1) is 0 Å². The van der Waals surface area contributed by atoms with Gasteiger partial charge in [0.15, 0.2) is 0 Å². The van der Waals surface area contributed by atoms with Gasteiger partial charge in [0.25, 0.3) is 0 Å². The highest BCUT2D eigenvalue weighted by Gasteiger charge is 2.20. The van der Waals surface area contributed by atoms with Gasteiger partial charge in [-0.25, -0.2) is 4.98 Å². The van der Waals surface area contributed by atoms with E-state index in [-0.39, 0.29) is 12.5 Å². The van der Waals surface area contributed by atoms with Gasteiger partial charge in [0.2, 0.25) is 5.91 Å². The van der Waals surface area contributed by atoms with Crippen molar-refractivity contribution in [2.45, 2.75) is 19.3 Å². The molecule has 0 fully saturated rings. The van der Waals surface area contributed by atoms with Crippen LogP contribution < -0.4 is 16.0 Å². The Morgan fingerprint density at radius 3 is 2.95 bits per heavy atom. The Morgan fingerprint density at radius 2 is 2.32 bits per heavy atom. The summed E-state index contributed by atoms with van der Waals surface area (Å²) in [5.41, 5.74) is 8.84. The molecular formula is C13H18N4OS. The smallest absolute Gasteiger partial charge is 0.239 e. The molecule has 0 saturated heterocycles. The predicted octanol–water partition coefficient (Wildman–Crippen LogP) is 0.387. The van der Waals surface area contributed by atoms with E-state index < -0.39 is 0 Å². The van der Waals surface area contributed by atoms with Crippen molar-refractivity contribution in [1.29, 1.82) is 0 Å². The summed E-state index contributed by atoms with van der Waals surface area (Å²) in [6.07, 6.45) is 3.12. The summed E-state index contributed by atoms with van der Waals surface area (Å²) in [7, 11) is 3.43. The first-order chi connectivity index (χ1) is 9.02. The monoisotopic (exact) mass is 278 g/mol. The van der Waals surface area contributed by atoms with Gasteiger partial charge in [-0.2, -0.15) is 0 Å². The van der Waals surface area contributed by atoms with Crippen LogP contribution in [-0.4, -0.2) is 36.5 Å². The number of hydrogen-bond donors (Lipinski definition) is 2. The van der Waals surface area contributed by atoms with E-state index in [1.165, 1.54) is 5.56 Å². The van der Waals surface area contributed by atoms with Gasteiger partial charge >= 0.3 is 0 Å². The van der Waals surface area contributed by atoms with E-state index in [0.717, 1.165) is 30.5 Å². The number of likely N-dealkylation sites (N-methyl/N-ethyl adjacent to an activating group) is 2. The molecule has 5 nitrogen and oxygen atoms in total. The van der Waals surface area contributed by atoms with Gasteiger partial charge in [-0.15, -0.1) is 0 Å². The molecule has 1 aliphatic carbocycles. The van der Waals surface area contributed by atoms with E-state index in [1.807, 2.05) is 13.1 Å². The fraction of sp³-hybridized carbons (Fsp3) is 0.462. The Hall–Kier alpha value is -1.69. The lowest BCUT2D eigenvalue weighted by Crippen LogP contribution is -2.34. The maximum absolute atomic E-state index is 11.5. The number of amides is 1. The zero-order valence-corrected chi connectivity index (χ0v) is 12.0. The van der Waals surface area contributed by atoms with Crippen LogP contribution >= 0.6 is 12.2 Å². The third-order valence-corrected chi connectivity index (χ3v) is 3.54. The summed E-state index contributed by atoms with van der Waals surface area (Å²) in [4.78, 5) is 18.2. The molecule has 6 heteroatoms. The molecule has 0 spiro atoms. The van der Waals surface area contributed by atoms with Crippen LogP contribution in [0.4, 0.5) is 5.82 Å². The summed E-state index contributed by atoms with van der Waals surface area (Å²) in [5.74, 6) is 0.621. The average Bonchev–Trinajstić information content (AvgIpc) is 2.83. The summed E-state index contributed by atoms with van der Waals surface area (Å²) >= 11 is 5.09. The standard InChI is InChI=1S/C13H18N4OS/c1-15-11(18)7-17(2)13-9(12(14)19)6-8-4-3-5-10(8)16-13/h6H,3-5,7H2,1-2H3,(H2,14,19)(H,15,18). The SMILES string of the molecule is CNC(=O)CN(C)c1nc2c(cc1C(N)=S)CCC2. The summed E-state index contributed by atoms with van der Waals surface area (Å²) in [5, 5.41) is 2.59. The van der Waals surface area contributed by atoms with Crippen LogP contribution in [0.1, 0.15) is 23.2 Å². The number of nitrogens with two attached hydrogens (primary N) is 1. The van der Waals surface area contributed by atoms with Gasteiger partial charge in [0, 0.05) is 19.8 Å². The number of pyridine rings is 1. The molecule has 0 saturated carbocycles. The lowest BCUT2D eigenvalue weighted by atomic mass is 10.1. The molecule has 0 atom stereocenters. The molecule has 19 heavy (non-hydrogen) atoms. The van der Waals surface area contributed by atoms with Gasteiger partial charge in [0.05, 0.1) is 12.1 Å². The second-order valence-corrected chi connectivity index (χ2v) is 5.15. The van der Waals surface area contributed by atoms with Crippen LogP contribution in [0.5, 0.6) is 0 Å². The Balaban J connectivity index is 2.37. The molecule has 0 unspecified atom stereocenters. The average molecular weight is 278 g/mol. The molecule has 0 bridgehead atoms. The van der Waals surface area contributed by atoms with Gasteiger partial charge in [-0.1, -0.05) is 12.2 Å². The van der Waals surface area contributed by atoms with Crippen molar-refractivity contribution in [3.63, 3.8) is 0 Å². The zero-order chi connectivity index (χ0) is 14.0. The minimum Gasteiger partial charge on any atom is -0.389 e. The minimum absolute atomic E-state index is 0.0707. The van der Waals surface area contributed by atoms with Crippen molar-refractivity contribution < 1.29 is 4.79 Å². The van der Waals surface area contributed by atoms with Crippen LogP contribution in [0.3, 0.4) is 0 Å². The molecular weight excluding hydrogens is 260 g/mol. The van der Waals surface area contributed by atoms with Gasteiger partial charge in [-0.3, -0.25) is 4.79 Å². The van der Waals surface area contributed by atoms with Crippen molar-refractivity contribution in [3.8, 4) is 0 Å². The number of anilines is 1. The van der Waals surface area contributed by atoms with E-state index in [4.69, 9.17) is 18.0 Å². The lowest BCUT2D eigenvalue weighted by molar-refractivity contribution is -0.119. The summed E-state index contributed by atoms with van der Waals surface area (Å²) < 4.78 is 0. The van der Waals surface area contributed by atoms with Crippen LogP contribution in [-0.2, 0) is 17.6 Å². The molecule has 0 radical (unpaired) electrons. The van der Waals surface area contributed by atoms with Crippen LogP contribution in [0.25, 0.3) is 0 Å². The first-order valence-corrected chi connectivity index (χ1v) is 6.68. The Kier molecular flexibility index (Phi) is 3.99. The highest BCUT2D eigenvalue weighted by Crippen LogP contribution is 2.26. The van der Waals surface area contributed by atoms with Gasteiger partial charge in [0.1, 0.15) is 10.8 Å². The highest BCUT2D eigenvalue weighted by molar-refractivity contribution is 7.80. The molecule has 0 aliphatic heterocycles. The van der Waals surface area contributed by atoms with E-state index >= 15 is 0 Å². The van der Waals surface area contributed by atoms with Gasteiger partial charge < -0.3 is 16.0 Å². The second kappa shape index (κ2) is 5.52. The molecule has 1 aromatic rings. The number of nitrogens with zero attached hydrogens (tertiary/aromatic N) is 2. The molecule has 3 N–H and O–H groups in total. The van der Waals surface area contributed by atoms with E-state index in [1.54, 1.807) is 11.9 Å².